The zero-order valence-corrected chi connectivity index (χ0v) is 17.6. The molecule has 1 atom stereocenters. The van der Waals surface area contributed by atoms with Gasteiger partial charge in [-0.1, -0.05) is 18.2 Å². The second-order valence-corrected chi connectivity index (χ2v) is 8.49. The Morgan fingerprint density at radius 3 is 2.93 bits per heavy atom. The van der Waals surface area contributed by atoms with Crippen molar-refractivity contribution in [1.29, 1.82) is 5.26 Å². The minimum Gasteiger partial charge on any atom is -0.493 e. The van der Waals surface area contributed by atoms with E-state index in [9.17, 15) is 10.1 Å². The van der Waals surface area contributed by atoms with Gasteiger partial charge in [-0.2, -0.15) is 5.26 Å². The molecule has 6 nitrogen and oxygen atoms in total. The topological polar surface area (TPSA) is 68.6 Å². The SMILES string of the molecule is CN(C)CC(=O)N1CC(COc2cc(C3C=C(C#N)C=CC3)cc3c2CNC=C3)C1. The van der Waals surface area contributed by atoms with Crippen molar-refractivity contribution in [3.8, 4) is 11.8 Å². The number of ether oxygens (including phenoxy) is 1. The molecule has 0 saturated carbocycles. The lowest BCUT2D eigenvalue weighted by Gasteiger charge is -2.39. The highest BCUT2D eigenvalue weighted by Gasteiger charge is 2.31. The Labute approximate surface area is 178 Å². The third kappa shape index (κ3) is 4.42. The molecule has 1 aromatic carbocycles. The minimum atomic E-state index is 0.176. The first kappa shape index (κ1) is 20.2. The first-order valence-corrected chi connectivity index (χ1v) is 10.4. The summed E-state index contributed by atoms with van der Waals surface area (Å²) in [6.07, 6.45) is 10.9. The van der Waals surface area contributed by atoms with Crippen molar-refractivity contribution in [2.24, 2.45) is 5.92 Å². The summed E-state index contributed by atoms with van der Waals surface area (Å²) in [6.45, 7) is 3.32. The largest absolute Gasteiger partial charge is 0.493 e. The number of nitriles is 1. The van der Waals surface area contributed by atoms with Crippen LogP contribution in [0.1, 0.15) is 29.0 Å². The van der Waals surface area contributed by atoms with E-state index < -0.39 is 0 Å². The fourth-order valence-corrected chi connectivity index (χ4v) is 4.13. The molecular weight excluding hydrogens is 376 g/mol. The smallest absolute Gasteiger partial charge is 0.236 e. The van der Waals surface area contributed by atoms with E-state index in [0.29, 0.717) is 24.6 Å². The summed E-state index contributed by atoms with van der Waals surface area (Å²) >= 11 is 0. The van der Waals surface area contributed by atoms with E-state index in [1.54, 1.807) is 0 Å². The Bertz CT molecular complexity index is 949. The lowest BCUT2D eigenvalue weighted by molar-refractivity contribution is -0.138. The first-order chi connectivity index (χ1) is 14.5. The van der Waals surface area contributed by atoms with Crippen LogP contribution in [-0.4, -0.2) is 56.0 Å². The zero-order chi connectivity index (χ0) is 21.1. The van der Waals surface area contributed by atoms with E-state index in [0.717, 1.165) is 37.4 Å². The van der Waals surface area contributed by atoms with E-state index >= 15 is 0 Å². The molecule has 1 N–H and O–H groups in total. The molecule has 30 heavy (non-hydrogen) atoms. The fraction of sp³-hybridized carbons (Fsp3) is 0.417. The van der Waals surface area contributed by atoms with Gasteiger partial charge in [0.25, 0.3) is 0 Å². The maximum Gasteiger partial charge on any atom is 0.236 e. The second-order valence-electron chi connectivity index (χ2n) is 8.49. The molecule has 0 aromatic heterocycles. The Morgan fingerprint density at radius 1 is 1.33 bits per heavy atom. The molecule has 3 aliphatic rings. The van der Waals surface area contributed by atoms with E-state index in [-0.39, 0.29) is 11.8 Å². The molecule has 1 aromatic rings. The van der Waals surface area contributed by atoms with Crippen LogP contribution in [0.2, 0.25) is 0 Å². The quantitative estimate of drug-likeness (QED) is 0.790. The molecule has 0 spiro atoms. The van der Waals surface area contributed by atoms with Crippen molar-refractivity contribution in [2.75, 3.05) is 40.3 Å². The average molecular weight is 405 g/mol. The second kappa shape index (κ2) is 8.76. The van der Waals surface area contributed by atoms with Gasteiger partial charge in [0, 0.05) is 42.6 Å². The molecule has 2 aliphatic heterocycles. The Hall–Kier alpha value is -3.04. The predicted octanol–water partition coefficient (Wildman–Crippen LogP) is 2.65. The van der Waals surface area contributed by atoms with E-state index in [2.05, 4.69) is 35.7 Å². The van der Waals surface area contributed by atoms with Gasteiger partial charge in [0.05, 0.1) is 19.2 Å². The molecule has 1 aliphatic carbocycles. The van der Waals surface area contributed by atoms with Crippen molar-refractivity contribution < 1.29 is 9.53 Å². The molecular formula is C24H28N4O2. The van der Waals surface area contributed by atoms with Crippen LogP contribution in [0.3, 0.4) is 0 Å². The lowest BCUT2D eigenvalue weighted by atomic mass is 9.87. The van der Waals surface area contributed by atoms with Crippen LogP contribution in [0.15, 0.2) is 42.1 Å². The monoisotopic (exact) mass is 404 g/mol. The van der Waals surface area contributed by atoms with Gasteiger partial charge in [0.15, 0.2) is 0 Å². The molecule has 2 heterocycles. The van der Waals surface area contributed by atoms with Crippen molar-refractivity contribution >= 4 is 12.0 Å². The number of allylic oxidation sites excluding steroid dienone is 4. The van der Waals surface area contributed by atoms with Gasteiger partial charge in [-0.05, 0) is 56.1 Å². The van der Waals surface area contributed by atoms with E-state index in [1.807, 2.05) is 42.2 Å². The molecule has 1 saturated heterocycles. The van der Waals surface area contributed by atoms with Crippen LogP contribution in [0.5, 0.6) is 5.75 Å². The van der Waals surface area contributed by atoms with Crippen molar-refractivity contribution in [1.82, 2.24) is 15.1 Å². The highest BCUT2D eigenvalue weighted by Crippen LogP contribution is 2.35. The number of nitrogens with zero attached hydrogens (tertiary/aromatic N) is 3. The lowest BCUT2D eigenvalue weighted by Crippen LogP contribution is -2.54. The number of rotatable bonds is 6. The molecule has 4 rings (SSSR count). The van der Waals surface area contributed by atoms with Gasteiger partial charge in [-0.3, -0.25) is 4.79 Å². The number of carbonyl (C=O) groups excluding carboxylic acids is 1. The van der Waals surface area contributed by atoms with Gasteiger partial charge in [0.1, 0.15) is 5.75 Å². The Morgan fingerprint density at radius 2 is 2.17 bits per heavy atom. The standard InChI is InChI=1S/C24H28N4O2/c1-27(2)15-24(29)28-13-18(14-28)16-30-23-10-21(9-20-6-7-26-12-22(20)23)19-5-3-4-17(8-19)11-25/h3-4,6-10,18-19,26H,5,12-16H2,1-2H3. The molecule has 0 bridgehead atoms. The minimum absolute atomic E-state index is 0.176. The number of amides is 1. The van der Waals surface area contributed by atoms with Gasteiger partial charge in [-0.25, -0.2) is 0 Å². The highest BCUT2D eigenvalue weighted by atomic mass is 16.5. The molecule has 1 unspecified atom stereocenters. The summed E-state index contributed by atoms with van der Waals surface area (Å²) in [7, 11) is 3.82. The number of hydrogen-bond acceptors (Lipinski definition) is 5. The number of likely N-dealkylation sites (tertiary alicyclic amines) is 1. The number of likely N-dealkylation sites (N-methyl/N-ethyl adjacent to an activating group) is 1. The third-order valence-corrected chi connectivity index (χ3v) is 5.79. The maximum absolute atomic E-state index is 12.1. The number of benzene rings is 1. The predicted molar refractivity (Wildman–Crippen MR) is 117 cm³/mol. The number of hydrogen-bond donors (Lipinski definition) is 1. The van der Waals surface area contributed by atoms with Gasteiger partial charge in [-0.15, -0.1) is 0 Å². The van der Waals surface area contributed by atoms with Crippen molar-refractivity contribution in [2.45, 2.75) is 18.9 Å². The van der Waals surface area contributed by atoms with Crippen LogP contribution in [-0.2, 0) is 11.3 Å². The van der Waals surface area contributed by atoms with Crippen molar-refractivity contribution in [3.63, 3.8) is 0 Å². The van der Waals surface area contributed by atoms with Gasteiger partial charge >= 0.3 is 0 Å². The fourth-order valence-electron chi connectivity index (χ4n) is 4.13. The van der Waals surface area contributed by atoms with Crippen LogP contribution < -0.4 is 10.1 Å². The summed E-state index contributed by atoms with van der Waals surface area (Å²) < 4.78 is 6.28. The summed E-state index contributed by atoms with van der Waals surface area (Å²) in [6, 6.07) is 6.58. The molecule has 1 fully saturated rings. The molecule has 156 valence electrons. The van der Waals surface area contributed by atoms with Gasteiger partial charge in [0.2, 0.25) is 5.91 Å². The van der Waals surface area contributed by atoms with Gasteiger partial charge < -0.3 is 19.9 Å². The Kier molecular flexibility index (Phi) is 5.91. The van der Waals surface area contributed by atoms with E-state index in [4.69, 9.17) is 4.74 Å². The summed E-state index contributed by atoms with van der Waals surface area (Å²) in [5.41, 5.74) is 4.21. The number of nitrogens with one attached hydrogen (secondary N) is 1. The zero-order valence-electron chi connectivity index (χ0n) is 17.6. The average Bonchev–Trinajstić information content (AvgIpc) is 2.71. The summed E-state index contributed by atoms with van der Waals surface area (Å²) in [4.78, 5) is 15.9. The molecule has 6 heteroatoms. The number of fused-ring (bicyclic) bond motifs is 1. The Balaban J connectivity index is 1.45. The first-order valence-electron chi connectivity index (χ1n) is 10.4. The van der Waals surface area contributed by atoms with E-state index in [1.165, 1.54) is 11.1 Å². The maximum atomic E-state index is 12.1. The summed E-state index contributed by atoms with van der Waals surface area (Å²) in [5.74, 6) is 1.63. The third-order valence-electron chi connectivity index (χ3n) is 5.79. The molecule has 0 radical (unpaired) electrons. The van der Waals surface area contributed by atoms with Crippen molar-refractivity contribution in [3.05, 3.63) is 58.8 Å². The molecule has 1 amide bonds. The van der Waals surface area contributed by atoms with Crippen LogP contribution in [0.4, 0.5) is 0 Å². The normalized spacial score (nSPS) is 20.1. The summed E-state index contributed by atoms with van der Waals surface area (Å²) in [5, 5.41) is 12.5. The van der Waals surface area contributed by atoms with Crippen LogP contribution in [0, 0.1) is 17.2 Å². The number of carbonyl (C=O) groups is 1. The highest BCUT2D eigenvalue weighted by molar-refractivity contribution is 5.79. The van der Waals surface area contributed by atoms with Crippen LogP contribution >= 0.6 is 0 Å². The van der Waals surface area contributed by atoms with Crippen LogP contribution in [0.25, 0.3) is 6.08 Å².